The molecule has 6 heteroatoms. The lowest BCUT2D eigenvalue weighted by Gasteiger charge is -2.25. The topological polar surface area (TPSA) is 66.8 Å². The summed E-state index contributed by atoms with van der Waals surface area (Å²) in [5.74, 6) is 0.0502. The number of hydrogen-bond acceptors (Lipinski definition) is 4. The monoisotopic (exact) mass is 271 g/mol. The maximum Gasteiger partial charge on any atom is 0.243 e. The number of likely N-dealkylation sites (N-methyl/N-ethyl adjacent to an activating group) is 1. The van der Waals surface area contributed by atoms with Crippen LogP contribution in [0.25, 0.3) is 0 Å². The molecule has 2 atom stereocenters. The van der Waals surface area contributed by atoms with Gasteiger partial charge in [0.1, 0.15) is 5.75 Å². The molecule has 0 amide bonds. The number of phenolic OH excluding ortho intramolecular Hbond substituents is 1. The number of sulfonamides is 1. The minimum absolute atomic E-state index is 0.0502. The molecule has 0 aliphatic carbocycles. The Morgan fingerprint density at radius 1 is 1.33 bits per heavy atom. The molecular weight excluding hydrogens is 254 g/mol. The van der Waals surface area contributed by atoms with E-state index in [2.05, 4.69) is 0 Å². The molecule has 5 nitrogen and oxygen atoms in total. The van der Waals surface area contributed by atoms with Crippen LogP contribution < -0.4 is 0 Å². The molecule has 2 rings (SSSR count). The fourth-order valence-corrected chi connectivity index (χ4v) is 3.61. The van der Waals surface area contributed by atoms with Crippen molar-refractivity contribution in [2.45, 2.75) is 30.4 Å². The van der Waals surface area contributed by atoms with Crippen molar-refractivity contribution in [3.8, 4) is 5.75 Å². The van der Waals surface area contributed by atoms with Crippen molar-refractivity contribution in [3.63, 3.8) is 0 Å². The van der Waals surface area contributed by atoms with Gasteiger partial charge in [0.05, 0.1) is 17.0 Å². The summed E-state index contributed by atoms with van der Waals surface area (Å²) >= 11 is 0. The quantitative estimate of drug-likeness (QED) is 0.896. The third-order valence-electron chi connectivity index (χ3n) is 3.32. The normalized spacial score (nSPS) is 24.6. The highest BCUT2D eigenvalue weighted by Gasteiger charge is 2.35. The van der Waals surface area contributed by atoms with Gasteiger partial charge in [-0.1, -0.05) is 0 Å². The molecule has 1 fully saturated rings. The van der Waals surface area contributed by atoms with Crippen molar-refractivity contribution in [2.24, 2.45) is 0 Å². The molecule has 1 aliphatic heterocycles. The number of benzene rings is 1. The van der Waals surface area contributed by atoms with Gasteiger partial charge in [-0.3, -0.25) is 0 Å². The third-order valence-corrected chi connectivity index (χ3v) is 5.21. The van der Waals surface area contributed by atoms with Gasteiger partial charge in [0.2, 0.25) is 10.0 Å². The second kappa shape index (κ2) is 4.87. The predicted octanol–water partition coefficient (Wildman–Crippen LogP) is 1.19. The number of ether oxygens (including phenoxy) is 1. The van der Waals surface area contributed by atoms with Crippen molar-refractivity contribution in [3.05, 3.63) is 24.3 Å². The van der Waals surface area contributed by atoms with Gasteiger partial charge >= 0.3 is 0 Å². The molecule has 0 radical (unpaired) electrons. The van der Waals surface area contributed by atoms with Crippen LogP contribution in [0.1, 0.15) is 13.3 Å². The van der Waals surface area contributed by atoms with E-state index in [1.165, 1.54) is 28.6 Å². The second-order valence-corrected chi connectivity index (χ2v) is 6.44. The molecule has 2 unspecified atom stereocenters. The van der Waals surface area contributed by atoms with Crippen LogP contribution in [0.2, 0.25) is 0 Å². The van der Waals surface area contributed by atoms with E-state index in [4.69, 9.17) is 4.74 Å². The van der Waals surface area contributed by atoms with E-state index in [1.807, 2.05) is 6.92 Å². The molecule has 100 valence electrons. The zero-order valence-corrected chi connectivity index (χ0v) is 11.2. The van der Waals surface area contributed by atoms with Crippen LogP contribution in [0, 0.1) is 0 Å². The zero-order valence-electron chi connectivity index (χ0n) is 10.4. The Kier molecular flexibility index (Phi) is 3.61. The number of rotatable bonds is 3. The Labute approximate surface area is 107 Å². The van der Waals surface area contributed by atoms with E-state index in [-0.39, 0.29) is 22.8 Å². The van der Waals surface area contributed by atoms with Gasteiger partial charge < -0.3 is 9.84 Å². The van der Waals surface area contributed by atoms with Crippen LogP contribution in [0.15, 0.2) is 29.2 Å². The summed E-state index contributed by atoms with van der Waals surface area (Å²) in [5, 5.41) is 9.19. The molecule has 1 aromatic rings. The molecule has 0 bridgehead atoms. The van der Waals surface area contributed by atoms with Crippen LogP contribution in [0.4, 0.5) is 0 Å². The Bertz CT molecular complexity index is 511. The zero-order chi connectivity index (χ0) is 13.3. The number of nitrogens with zero attached hydrogens (tertiary/aromatic N) is 1. The summed E-state index contributed by atoms with van der Waals surface area (Å²) in [6, 6.07) is 5.41. The van der Waals surface area contributed by atoms with Crippen molar-refractivity contribution >= 4 is 10.0 Å². The summed E-state index contributed by atoms with van der Waals surface area (Å²) < 4.78 is 31.5. The van der Waals surface area contributed by atoms with Crippen LogP contribution in [0.3, 0.4) is 0 Å². The van der Waals surface area contributed by atoms with Crippen molar-refractivity contribution in [2.75, 3.05) is 13.7 Å². The average molecular weight is 271 g/mol. The lowest BCUT2D eigenvalue weighted by molar-refractivity contribution is 0.102. The van der Waals surface area contributed by atoms with Gasteiger partial charge in [0.25, 0.3) is 0 Å². The van der Waals surface area contributed by atoms with Gasteiger partial charge in [0.15, 0.2) is 0 Å². The van der Waals surface area contributed by atoms with E-state index >= 15 is 0 Å². The molecule has 18 heavy (non-hydrogen) atoms. The molecule has 1 aliphatic rings. The molecule has 1 heterocycles. The first-order valence-electron chi connectivity index (χ1n) is 5.81. The Balaban J connectivity index is 2.28. The SMILES string of the molecule is CC1OCCC1N(C)S(=O)(=O)c1ccc(O)cc1. The number of hydrogen-bond donors (Lipinski definition) is 1. The predicted molar refractivity (Wildman–Crippen MR) is 66.9 cm³/mol. The van der Waals surface area contributed by atoms with Crippen LogP contribution in [-0.4, -0.2) is 43.6 Å². The minimum atomic E-state index is -3.53. The first-order valence-corrected chi connectivity index (χ1v) is 7.25. The fourth-order valence-electron chi connectivity index (χ4n) is 2.16. The maximum atomic E-state index is 12.4. The molecule has 1 N–H and O–H groups in total. The first kappa shape index (κ1) is 13.3. The summed E-state index contributed by atoms with van der Waals surface area (Å²) in [5.41, 5.74) is 0. The van der Waals surface area contributed by atoms with Gasteiger partial charge in [0, 0.05) is 13.7 Å². The highest BCUT2D eigenvalue weighted by Crippen LogP contribution is 2.25. The molecule has 0 aromatic heterocycles. The average Bonchev–Trinajstić information content (AvgIpc) is 2.75. The molecule has 1 aromatic carbocycles. The highest BCUT2D eigenvalue weighted by molar-refractivity contribution is 7.89. The van der Waals surface area contributed by atoms with Crippen LogP contribution >= 0.6 is 0 Å². The van der Waals surface area contributed by atoms with Crippen molar-refractivity contribution < 1.29 is 18.3 Å². The van der Waals surface area contributed by atoms with E-state index in [9.17, 15) is 13.5 Å². The molecular formula is C12H17NO4S. The standard InChI is InChI=1S/C12H17NO4S/c1-9-12(7-8-17-9)13(2)18(15,16)11-5-3-10(14)4-6-11/h3-6,9,12,14H,7-8H2,1-2H3. The minimum Gasteiger partial charge on any atom is -0.508 e. The number of phenols is 1. The summed E-state index contributed by atoms with van der Waals surface area (Å²) in [7, 11) is -1.96. The van der Waals surface area contributed by atoms with Gasteiger partial charge in [-0.05, 0) is 37.6 Å². The van der Waals surface area contributed by atoms with E-state index in [0.717, 1.165) is 0 Å². The van der Waals surface area contributed by atoms with Gasteiger partial charge in [-0.15, -0.1) is 0 Å². The van der Waals surface area contributed by atoms with Gasteiger partial charge in [-0.2, -0.15) is 4.31 Å². The molecule has 0 spiro atoms. The third kappa shape index (κ3) is 2.36. The van der Waals surface area contributed by atoms with Crippen LogP contribution in [-0.2, 0) is 14.8 Å². The Hall–Kier alpha value is -1.11. The second-order valence-electron chi connectivity index (χ2n) is 4.45. The summed E-state index contributed by atoms with van der Waals surface area (Å²) in [6.07, 6.45) is 0.608. The Morgan fingerprint density at radius 3 is 2.44 bits per heavy atom. The first-order chi connectivity index (χ1) is 8.43. The van der Waals surface area contributed by atoms with E-state index < -0.39 is 10.0 Å². The smallest absolute Gasteiger partial charge is 0.243 e. The summed E-state index contributed by atoms with van der Waals surface area (Å²) in [6.45, 7) is 2.46. The number of aromatic hydroxyl groups is 1. The van der Waals surface area contributed by atoms with Gasteiger partial charge in [-0.25, -0.2) is 8.42 Å². The largest absolute Gasteiger partial charge is 0.508 e. The molecule has 1 saturated heterocycles. The van der Waals surface area contributed by atoms with E-state index in [0.29, 0.717) is 13.0 Å². The van der Waals surface area contributed by atoms with Crippen molar-refractivity contribution in [1.82, 2.24) is 4.31 Å². The lowest BCUT2D eigenvalue weighted by atomic mass is 10.2. The maximum absolute atomic E-state index is 12.4. The van der Waals surface area contributed by atoms with Crippen LogP contribution in [0.5, 0.6) is 5.75 Å². The Morgan fingerprint density at radius 2 is 1.94 bits per heavy atom. The van der Waals surface area contributed by atoms with Crippen molar-refractivity contribution in [1.29, 1.82) is 0 Å². The molecule has 0 saturated carbocycles. The highest BCUT2D eigenvalue weighted by atomic mass is 32.2. The summed E-state index contributed by atoms with van der Waals surface area (Å²) in [4.78, 5) is 0.182. The van der Waals surface area contributed by atoms with E-state index in [1.54, 1.807) is 7.05 Å². The fraction of sp³-hybridized carbons (Fsp3) is 0.500. The lowest BCUT2D eigenvalue weighted by Crippen LogP contribution is -2.40.